The monoisotopic (exact) mass is 434 g/mol. The number of ketones is 1. The van der Waals surface area contributed by atoms with Crippen molar-refractivity contribution in [3.8, 4) is 0 Å². The van der Waals surface area contributed by atoms with E-state index in [-0.39, 0.29) is 16.7 Å². The summed E-state index contributed by atoms with van der Waals surface area (Å²) in [6.45, 7) is 3.46. The summed E-state index contributed by atoms with van der Waals surface area (Å²) in [5, 5.41) is 0. The molecule has 0 bridgehead atoms. The van der Waals surface area contributed by atoms with E-state index in [1.165, 1.54) is 6.92 Å². The Morgan fingerprint density at radius 1 is 0.714 bits per heavy atom. The van der Waals surface area contributed by atoms with Crippen molar-refractivity contribution in [1.29, 1.82) is 0 Å². The van der Waals surface area contributed by atoms with E-state index < -0.39 is 19.1 Å². The standard InChI is InChI=1S/C24H23AsO3/c1-3-28-24(27)23(19(2)26)25(20-13-7-4-8-14-20,21-15-9-5-10-16-21)22-17-11-6-12-18-22/h4-18H,3H2,1-2H3. The Morgan fingerprint density at radius 3 is 1.36 bits per heavy atom. The molecule has 3 nitrogen and oxygen atoms in total. The molecule has 0 N–H and O–H groups in total. The summed E-state index contributed by atoms with van der Waals surface area (Å²) in [6.07, 6.45) is 0. The van der Waals surface area contributed by atoms with Crippen molar-refractivity contribution in [2.45, 2.75) is 13.8 Å². The van der Waals surface area contributed by atoms with Gasteiger partial charge in [0.25, 0.3) is 0 Å². The average molecular weight is 434 g/mol. The summed E-state index contributed by atoms with van der Waals surface area (Å²) in [7, 11) is 0. The molecular formula is C24H23AsO3. The number of hydrogen-bond donors (Lipinski definition) is 0. The zero-order valence-corrected chi connectivity index (χ0v) is 17.9. The van der Waals surface area contributed by atoms with Crippen LogP contribution in [0.5, 0.6) is 0 Å². The van der Waals surface area contributed by atoms with Crippen molar-refractivity contribution in [1.82, 2.24) is 0 Å². The minimum absolute atomic E-state index is 0.226. The van der Waals surface area contributed by atoms with Crippen LogP contribution in [0.15, 0.2) is 91.0 Å². The van der Waals surface area contributed by atoms with Gasteiger partial charge < -0.3 is 0 Å². The van der Waals surface area contributed by atoms with Gasteiger partial charge in [0.2, 0.25) is 0 Å². The van der Waals surface area contributed by atoms with E-state index in [0.717, 1.165) is 13.1 Å². The Morgan fingerprint density at radius 2 is 1.07 bits per heavy atom. The van der Waals surface area contributed by atoms with Crippen LogP contribution >= 0.6 is 0 Å². The third kappa shape index (κ3) is 3.63. The Balaban J connectivity index is 2.60. The van der Waals surface area contributed by atoms with Gasteiger partial charge in [0.1, 0.15) is 0 Å². The molecule has 0 saturated carbocycles. The fourth-order valence-corrected chi connectivity index (χ4v) is 12.6. The Kier molecular flexibility index (Phi) is 6.38. The summed E-state index contributed by atoms with van der Waals surface area (Å²) in [5.41, 5.74) is 0. The first-order valence-corrected chi connectivity index (χ1v) is 13.0. The molecular weight excluding hydrogens is 411 g/mol. The quantitative estimate of drug-likeness (QED) is 0.339. The average Bonchev–Trinajstić information content (AvgIpc) is 2.73. The molecule has 3 rings (SSSR count). The molecule has 4 heteroatoms. The summed E-state index contributed by atoms with van der Waals surface area (Å²) in [5.74, 6) is -0.749. The van der Waals surface area contributed by atoms with E-state index in [1.807, 2.05) is 91.0 Å². The predicted octanol–water partition coefficient (Wildman–Crippen LogP) is 2.06. The Labute approximate surface area is 168 Å². The zero-order chi connectivity index (χ0) is 20.0. The van der Waals surface area contributed by atoms with Crippen molar-refractivity contribution in [3.05, 3.63) is 91.0 Å². The van der Waals surface area contributed by atoms with Crippen LogP contribution in [0.4, 0.5) is 0 Å². The van der Waals surface area contributed by atoms with Gasteiger partial charge in [0.05, 0.1) is 0 Å². The van der Waals surface area contributed by atoms with Gasteiger partial charge in [-0.05, 0) is 0 Å². The maximum absolute atomic E-state index is 13.1. The van der Waals surface area contributed by atoms with E-state index in [9.17, 15) is 9.59 Å². The number of benzene rings is 3. The van der Waals surface area contributed by atoms with Crippen molar-refractivity contribution in [3.63, 3.8) is 0 Å². The second-order valence-corrected chi connectivity index (χ2v) is 13.3. The number of carbonyl (C=O) groups excluding carboxylic acids is 2. The molecule has 0 aliphatic rings. The minimum atomic E-state index is -3.61. The van der Waals surface area contributed by atoms with E-state index in [4.69, 9.17) is 4.74 Å². The van der Waals surface area contributed by atoms with Crippen molar-refractivity contribution < 1.29 is 14.3 Å². The second-order valence-electron chi connectivity index (χ2n) is 6.30. The van der Waals surface area contributed by atoms with E-state index in [0.29, 0.717) is 0 Å². The van der Waals surface area contributed by atoms with Gasteiger partial charge in [0, 0.05) is 0 Å². The summed E-state index contributed by atoms with van der Waals surface area (Å²) in [4.78, 5) is 26.0. The number of ether oxygens (including phenoxy) is 1. The van der Waals surface area contributed by atoms with Crippen molar-refractivity contribution in [2.24, 2.45) is 0 Å². The molecule has 0 radical (unpaired) electrons. The fourth-order valence-electron chi connectivity index (χ4n) is 3.51. The first kappa shape index (κ1) is 20.0. The maximum atomic E-state index is 13.1. The normalized spacial score (nSPS) is 10.9. The summed E-state index contributed by atoms with van der Waals surface area (Å²) in [6, 6.07) is 29.7. The van der Waals surface area contributed by atoms with E-state index >= 15 is 0 Å². The first-order valence-electron chi connectivity index (χ1n) is 9.23. The van der Waals surface area contributed by atoms with Crippen molar-refractivity contribution in [2.75, 3.05) is 6.61 Å². The molecule has 142 valence electrons. The Hall–Kier alpha value is -2.77. The molecule has 3 aromatic carbocycles. The molecule has 28 heavy (non-hydrogen) atoms. The molecule has 0 aliphatic heterocycles. The van der Waals surface area contributed by atoms with Crippen LogP contribution in [-0.4, -0.2) is 35.8 Å². The van der Waals surface area contributed by atoms with Crippen LogP contribution in [0.3, 0.4) is 0 Å². The van der Waals surface area contributed by atoms with E-state index in [1.54, 1.807) is 6.92 Å². The van der Waals surface area contributed by atoms with Crippen LogP contribution in [0.1, 0.15) is 13.8 Å². The molecule has 0 atom stereocenters. The second kappa shape index (κ2) is 8.95. The van der Waals surface area contributed by atoms with Crippen LogP contribution in [0, 0.1) is 0 Å². The van der Waals surface area contributed by atoms with Gasteiger partial charge in [0.15, 0.2) is 0 Å². The topological polar surface area (TPSA) is 43.4 Å². The van der Waals surface area contributed by atoms with Gasteiger partial charge in [-0.15, -0.1) is 0 Å². The SMILES string of the molecule is CCOC(=O)C(C(C)=O)=[As](c1ccccc1)(c1ccccc1)c1ccccc1. The van der Waals surface area contributed by atoms with Gasteiger partial charge in [-0.1, -0.05) is 0 Å². The number of esters is 1. The van der Waals surface area contributed by atoms with Crippen LogP contribution in [0.25, 0.3) is 0 Å². The number of carbonyl (C=O) groups is 2. The van der Waals surface area contributed by atoms with Crippen LogP contribution in [-0.2, 0) is 14.3 Å². The predicted molar refractivity (Wildman–Crippen MR) is 116 cm³/mol. The molecule has 0 aliphatic carbocycles. The van der Waals surface area contributed by atoms with Gasteiger partial charge in [-0.3, -0.25) is 0 Å². The zero-order valence-electron chi connectivity index (χ0n) is 16.0. The van der Waals surface area contributed by atoms with E-state index in [2.05, 4.69) is 0 Å². The van der Waals surface area contributed by atoms with Crippen LogP contribution in [0.2, 0.25) is 0 Å². The molecule has 0 fully saturated rings. The number of Topliss-reactive ketones (excluding diaryl/α,β-unsaturated/α-hetero) is 1. The number of hydrogen-bond acceptors (Lipinski definition) is 3. The van der Waals surface area contributed by atoms with Gasteiger partial charge in [-0.2, -0.15) is 0 Å². The molecule has 0 unspecified atom stereocenters. The summed E-state index contributed by atoms with van der Waals surface area (Å²) < 4.78 is 8.69. The molecule has 0 heterocycles. The molecule has 0 aromatic heterocycles. The molecule has 0 saturated heterocycles. The third-order valence-corrected chi connectivity index (χ3v) is 13.8. The van der Waals surface area contributed by atoms with Gasteiger partial charge >= 0.3 is 168 Å². The third-order valence-electron chi connectivity index (χ3n) is 4.57. The first-order chi connectivity index (χ1) is 13.6. The fraction of sp³-hybridized carbons (Fsp3) is 0.125. The molecule has 0 amide bonds. The Bertz CT molecular complexity index is 906. The summed E-state index contributed by atoms with van der Waals surface area (Å²) >= 11 is -3.61. The molecule has 3 aromatic rings. The molecule has 0 spiro atoms. The van der Waals surface area contributed by atoms with Crippen LogP contribution < -0.4 is 13.1 Å². The van der Waals surface area contributed by atoms with Gasteiger partial charge in [-0.25, -0.2) is 0 Å². The number of rotatable bonds is 6. The van der Waals surface area contributed by atoms with Crippen molar-refractivity contribution >= 4 is 42.2 Å².